The molecule has 4 aliphatic rings. The van der Waals surface area contributed by atoms with Crippen molar-refractivity contribution in [3.63, 3.8) is 0 Å². The van der Waals surface area contributed by atoms with Gasteiger partial charge in [0, 0.05) is 36.0 Å². The molecule has 208 valence electrons. The number of unbranched alkanes of at least 4 members (excludes halogenated alkanes) is 6. The second-order valence-electron chi connectivity index (χ2n) is 13.2. The Kier molecular flexibility index (Phi) is 7.64. The van der Waals surface area contributed by atoms with E-state index >= 15 is 0 Å². The summed E-state index contributed by atoms with van der Waals surface area (Å²) in [7, 11) is 0. The van der Waals surface area contributed by atoms with Gasteiger partial charge >= 0.3 is 5.97 Å². The molecule has 3 N–H and O–H groups in total. The molecular formula is C31H48O6. The van der Waals surface area contributed by atoms with Gasteiger partial charge in [0.15, 0.2) is 5.78 Å². The molecule has 0 heterocycles. The summed E-state index contributed by atoms with van der Waals surface area (Å²) >= 11 is 0. The minimum atomic E-state index is -1.64. The van der Waals surface area contributed by atoms with Gasteiger partial charge in [-0.15, -0.1) is 0 Å². The number of esters is 1. The molecule has 0 aromatic rings. The van der Waals surface area contributed by atoms with Crippen LogP contribution in [-0.2, 0) is 14.3 Å². The van der Waals surface area contributed by atoms with E-state index in [9.17, 15) is 24.9 Å². The number of hydrogen-bond donors (Lipinski definition) is 3. The molecule has 0 aromatic carbocycles. The molecule has 0 aromatic heterocycles. The first-order valence-corrected chi connectivity index (χ1v) is 14.5. The Morgan fingerprint density at radius 1 is 1.05 bits per heavy atom. The number of carbonyl (C=O) groups excluding carboxylic acids is 2. The first-order chi connectivity index (χ1) is 17.3. The van der Waals surface area contributed by atoms with E-state index in [0.717, 1.165) is 19.3 Å². The van der Waals surface area contributed by atoms with Crippen molar-refractivity contribution in [2.24, 2.45) is 34.5 Å². The predicted molar refractivity (Wildman–Crippen MR) is 142 cm³/mol. The molecule has 8 atom stereocenters. The normalized spacial score (nSPS) is 41.6. The van der Waals surface area contributed by atoms with Crippen LogP contribution in [0.4, 0.5) is 0 Å². The lowest BCUT2D eigenvalue weighted by atomic mass is 9.52. The van der Waals surface area contributed by atoms with E-state index in [1.807, 2.05) is 32.9 Å². The average Bonchev–Trinajstić information content (AvgIpc) is 3.24. The van der Waals surface area contributed by atoms with Gasteiger partial charge in [0.25, 0.3) is 0 Å². The summed E-state index contributed by atoms with van der Waals surface area (Å²) in [4.78, 5) is 26.2. The molecule has 0 spiro atoms. The summed E-state index contributed by atoms with van der Waals surface area (Å²) in [6.45, 7) is 11.8. The third-order valence-corrected chi connectivity index (χ3v) is 10.9. The SMILES string of the molecule is CCCCCCCCCC(=O)O[C@@H]1[C@@H](C)[C@]2(C)C3C=C(C)C(=O)[C@@]3(O)CC(CO)=C[C@H]2C2C(C)(C)[C@@]21O. The Morgan fingerprint density at radius 3 is 2.30 bits per heavy atom. The van der Waals surface area contributed by atoms with Gasteiger partial charge in [0.2, 0.25) is 0 Å². The van der Waals surface area contributed by atoms with Gasteiger partial charge in [-0.25, -0.2) is 0 Å². The van der Waals surface area contributed by atoms with Crippen LogP contribution in [0.15, 0.2) is 23.3 Å². The Balaban J connectivity index is 1.60. The minimum absolute atomic E-state index is 0.0773. The molecule has 2 fully saturated rings. The number of ether oxygens (including phenoxy) is 1. The average molecular weight is 517 g/mol. The number of hydrogen-bond acceptors (Lipinski definition) is 6. The molecule has 37 heavy (non-hydrogen) atoms. The molecule has 6 nitrogen and oxygen atoms in total. The van der Waals surface area contributed by atoms with Crippen molar-refractivity contribution in [2.75, 3.05) is 6.61 Å². The lowest BCUT2D eigenvalue weighted by molar-refractivity contribution is -0.193. The van der Waals surface area contributed by atoms with Gasteiger partial charge in [-0.2, -0.15) is 0 Å². The summed E-state index contributed by atoms with van der Waals surface area (Å²) in [5.74, 6) is -1.80. The standard InChI is InChI=1S/C31H48O6/c1-7-8-9-10-11-12-13-14-24(33)37-27-20(3)29(6)22(25-28(4,5)31(25,27)36)16-21(18-32)17-30(35)23(29)15-19(2)26(30)34/h15-16,20,22-23,25,27,32,35-36H,7-14,17-18H2,1-6H3/t20-,22+,23?,25?,27-,29+,30-,31-/m1/s1. The first kappa shape index (κ1) is 28.5. The molecule has 0 aliphatic heterocycles. The number of aliphatic hydroxyl groups is 3. The van der Waals surface area contributed by atoms with E-state index in [1.54, 1.807) is 6.92 Å². The molecule has 2 saturated carbocycles. The zero-order valence-electron chi connectivity index (χ0n) is 23.7. The molecule has 0 saturated heterocycles. The van der Waals surface area contributed by atoms with Crippen molar-refractivity contribution in [1.82, 2.24) is 0 Å². The number of allylic oxidation sites excluding steroid dienone is 1. The lowest BCUT2D eigenvalue weighted by Gasteiger charge is -2.54. The topological polar surface area (TPSA) is 104 Å². The van der Waals surface area contributed by atoms with Gasteiger partial charge in [0.05, 0.1) is 6.61 Å². The highest BCUT2D eigenvalue weighted by Gasteiger charge is 2.84. The van der Waals surface area contributed by atoms with E-state index in [2.05, 4.69) is 13.8 Å². The summed E-state index contributed by atoms with van der Waals surface area (Å²) < 4.78 is 6.14. The van der Waals surface area contributed by atoms with Crippen molar-refractivity contribution < 1.29 is 29.6 Å². The lowest BCUT2D eigenvalue weighted by Crippen LogP contribution is -2.60. The second-order valence-corrected chi connectivity index (χ2v) is 13.2. The molecule has 0 radical (unpaired) electrons. The Bertz CT molecular complexity index is 980. The quantitative estimate of drug-likeness (QED) is 0.217. The van der Waals surface area contributed by atoms with E-state index in [4.69, 9.17) is 4.74 Å². The van der Waals surface area contributed by atoms with Gasteiger partial charge in [-0.05, 0) is 35.8 Å². The van der Waals surface area contributed by atoms with Crippen molar-refractivity contribution in [1.29, 1.82) is 0 Å². The van der Waals surface area contributed by atoms with Crippen LogP contribution >= 0.6 is 0 Å². The molecule has 6 heteroatoms. The van der Waals surface area contributed by atoms with Crippen LogP contribution in [0.1, 0.15) is 99.3 Å². The fourth-order valence-corrected chi connectivity index (χ4v) is 8.43. The van der Waals surface area contributed by atoms with Crippen molar-refractivity contribution in [2.45, 2.75) is 117 Å². The third kappa shape index (κ3) is 4.17. The highest BCUT2D eigenvalue weighted by Crippen LogP contribution is 2.77. The first-order valence-electron chi connectivity index (χ1n) is 14.5. The minimum Gasteiger partial charge on any atom is -0.459 e. The third-order valence-electron chi connectivity index (χ3n) is 10.9. The Hall–Kier alpha value is -1.50. The van der Waals surface area contributed by atoms with Gasteiger partial charge in [-0.1, -0.05) is 85.3 Å². The summed E-state index contributed by atoms with van der Waals surface area (Å²) in [6.07, 6.45) is 11.3. The van der Waals surface area contributed by atoms with Crippen molar-refractivity contribution in [3.8, 4) is 0 Å². The molecular weight excluding hydrogens is 468 g/mol. The van der Waals surface area contributed by atoms with Crippen LogP contribution in [0.2, 0.25) is 0 Å². The van der Waals surface area contributed by atoms with E-state index in [1.165, 1.54) is 25.7 Å². The summed E-state index contributed by atoms with van der Waals surface area (Å²) in [6, 6.07) is 0. The second kappa shape index (κ2) is 9.91. The highest BCUT2D eigenvalue weighted by molar-refractivity contribution is 6.04. The number of ketones is 1. The summed E-state index contributed by atoms with van der Waals surface area (Å²) in [5, 5.41) is 34.0. The van der Waals surface area contributed by atoms with E-state index < -0.39 is 34.1 Å². The molecule has 0 bridgehead atoms. The predicted octanol–water partition coefficient (Wildman–Crippen LogP) is 4.90. The van der Waals surface area contributed by atoms with Crippen LogP contribution in [0.3, 0.4) is 0 Å². The molecule has 2 unspecified atom stereocenters. The number of fused-ring (bicyclic) bond motifs is 5. The molecule has 4 aliphatic carbocycles. The smallest absolute Gasteiger partial charge is 0.306 e. The van der Waals surface area contributed by atoms with Gasteiger partial charge in [-0.3, -0.25) is 9.59 Å². The van der Waals surface area contributed by atoms with Crippen LogP contribution < -0.4 is 0 Å². The monoisotopic (exact) mass is 516 g/mol. The fraction of sp³-hybridized carbons (Fsp3) is 0.806. The Morgan fingerprint density at radius 2 is 1.68 bits per heavy atom. The molecule has 0 amide bonds. The van der Waals surface area contributed by atoms with Gasteiger partial charge in [0.1, 0.15) is 17.3 Å². The van der Waals surface area contributed by atoms with Crippen molar-refractivity contribution >= 4 is 11.8 Å². The zero-order chi connectivity index (χ0) is 27.4. The number of Topliss-reactive ketones (excluding diaryl/α,β-unsaturated/α-hetero) is 1. The van der Waals surface area contributed by atoms with Crippen LogP contribution in [0.5, 0.6) is 0 Å². The largest absolute Gasteiger partial charge is 0.459 e. The zero-order valence-corrected chi connectivity index (χ0v) is 23.7. The number of rotatable bonds is 10. The Labute approximate surface area is 222 Å². The van der Waals surface area contributed by atoms with Crippen LogP contribution in [-0.4, -0.2) is 51.0 Å². The molecule has 4 rings (SSSR count). The van der Waals surface area contributed by atoms with E-state index in [-0.39, 0.29) is 42.5 Å². The fourth-order valence-electron chi connectivity index (χ4n) is 8.43. The van der Waals surface area contributed by atoms with Crippen LogP contribution in [0, 0.1) is 34.5 Å². The summed E-state index contributed by atoms with van der Waals surface area (Å²) in [5.41, 5.74) is -2.86. The maximum absolute atomic E-state index is 13.2. The maximum Gasteiger partial charge on any atom is 0.306 e. The van der Waals surface area contributed by atoms with Gasteiger partial charge < -0.3 is 20.1 Å². The number of aliphatic hydroxyl groups excluding tert-OH is 1. The van der Waals surface area contributed by atoms with Crippen LogP contribution in [0.25, 0.3) is 0 Å². The maximum atomic E-state index is 13.2. The highest BCUT2D eigenvalue weighted by atomic mass is 16.6. The number of carbonyl (C=O) groups is 2. The van der Waals surface area contributed by atoms with E-state index in [0.29, 0.717) is 17.6 Å². The van der Waals surface area contributed by atoms with Crippen molar-refractivity contribution in [3.05, 3.63) is 23.3 Å².